The highest BCUT2D eigenvalue weighted by atomic mass is 35.5. The number of H-pyrrole nitrogens is 1. The third-order valence-electron chi connectivity index (χ3n) is 6.87. The maximum atomic E-state index is 10.6. The lowest BCUT2D eigenvalue weighted by atomic mass is 9.84. The van der Waals surface area contributed by atoms with Crippen molar-refractivity contribution in [2.45, 2.75) is 58.2 Å². The van der Waals surface area contributed by atoms with Gasteiger partial charge in [0, 0.05) is 55.2 Å². The third kappa shape index (κ3) is 3.74. The molecule has 0 aliphatic carbocycles. The largest absolute Gasteiger partial charge is 0.390 e. The molecule has 5 rings (SSSR count). The lowest BCUT2D eigenvalue weighted by molar-refractivity contribution is 0.0109. The molecule has 0 amide bonds. The Kier molecular flexibility index (Phi) is 5.06. The van der Waals surface area contributed by atoms with Crippen LogP contribution in [0.1, 0.15) is 44.9 Å². The van der Waals surface area contributed by atoms with E-state index in [0.29, 0.717) is 5.15 Å². The minimum absolute atomic E-state index is 0.226. The molecule has 2 aliphatic rings. The summed E-state index contributed by atoms with van der Waals surface area (Å²) >= 11 is 6.35. The van der Waals surface area contributed by atoms with Crippen molar-refractivity contribution < 1.29 is 5.11 Å². The number of nitrogens with zero attached hydrogens (tertiary/aromatic N) is 5. The number of hydrogen-bond acceptors (Lipinski definition) is 6. The highest BCUT2D eigenvalue weighted by Crippen LogP contribution is 2.37. The number of anilines is 2. The Hall–Kier alpha value is -2.38. The van der Waals surface area contributed by atoms with Crippen LogP contribution in [0.3, 0.4) is 0 Å². The number of aromatic amines is 1. The second kappa shape index (κ2) is 7.64. The molecule has 2 N–H and O–H groups in total. The zero-order chi connectivity index (χ0) is 21.8. The van der Waals surface area contributed by atoms with E-state index in [9.17, 15) is 5.11 Å². The molecular weight excluding hydrogens is 412 g/mol. The van der Waals surface area contributed by atoms with Gasteiger partial charge >= 0.3 is 0 Å². The van der Waals surface area contributed by atoms with Crippen molar-refractivity contribution >= 4 is 34.1 Å². The molecule has 31 heavy (non-hydrogen) atoms. The predicted octanol–water partition coefficient (Wildman–Crippen LogP) is 3.94. The maximum Gasteiger partial charge on any atom is 0.141 e. The Morgan fingerprint density at radius 3 is 2.94 bits per heavy atom. The van der Waals surface area contributed by atoms with Gasteiger partial charge in [0.1, 0.15) is 22.9 Å². The Morgan fingerprint density at radius 2 is 2.13 bits per heavy atom. The van der Waals surface area contributed by atoms with E-state index in [-0.39, 0.29) is 12.0 Å². The Labute approximate surface area is 187 Å². The van der Waals surface area contributed by atoms with Gasteiger partial charge in [0.05, 0.1) is 17.0 Å². The average Bonchev–Trinajstić information content (AvgIpc) is 3.20. The number of rotatable bonds is 3. The first-order chi connectivity index (χ1) is 14.8. The fourth-order valence-corrected chi connectivity index (χ4v) is 5.25. The molecule has 7 nitrogen and oxygen atoms in total. The van der Waals surface area contributed by atoms with Gasteiger partial charge in [-0.3, -0.25) is 0 Å². The van der Waals surface area contributed by atoms with Crippen molar-refractivity contribution in [3.8, 4) is 0 Å². The second-order valence-electron chi connectivity index (χ2n) is 9.45. The van der Waals surface area contributed by atoms with Crippen LogP contribution in [0.4, 0.5) is 11.5 Å². The quantitative estimate of drug-likeness (QED) is 0.600. The van der Waals surface area contributed by atoms with Gasteiger partial charge in [-0.15, -0.1) is 0 Å². The predicted molar refractivity (Wildman–Crippen MR) is 124 cm³/mol. The first-order valence-electron chi connectivity index (χ1n) is 11.0. The molecule has 0 unspecified atom stereocenters. The van der Waals surface area contributed by atoms with Crippen molar-refractivity contribution in [3.05, 3.63) is 41.1 Å². The Balaban J connectivity index is 1.52. The fraction of sp³-hybridized carbons (Fsp3) is 0.522. The van der Waals surface area contributed by atoms with Crippen LogP contribution in [0.2, 0.25) is 5.15 Å². The molecule has 0 bridgehead atoms. The van der Waals surface area contributed by atoms with Crippen molar-refractivity contribution in [1.29, 1.82) is 0 Å². The summed E-state index contributed by atoms with van der Waals surface area (Å²) in [5, 5.41) is 12.1. The van der Waals surface area contributed by atoms with Crippen molar-refractivity contribution in [3.63, 3.8) is 0 Å². The summed E-state index contributed by atoms with van der Waals surface area (Å²) in [4.78, 5) is 21.7. The first kappa shape index (κ1) is 20.5. The summed E-state index contributed by atoms with van der Waals surface area (Å²) < 4.78 is 0. The summed E-state index contributed by atoms with van der Waals surface area (Å²) in [5.41, 5.74) is 3.48. The molecule has 8 heteroatoms. The summed E-state index contributed by atoms with van der Waals surface area (Å²) in [6.45, 7) is 8.53. The van der Waals surface area contributed by atoms with Gasteiger partial charge in [-0.25, -0.2) is 15.0 Å². The number of halogens is 1. The van der Waals surface area contributed by atoms with Gasteiger partial charge in [0.25, 0.3) is 0 Å². The third-order valence-corrected chi connectivity index (χ3v) is 7.06. The monoisotopic (exact) mass is 440 g/mol. The second-order valence-corrected chi connectivity index (χ2v) is 9.83. The lowest BCUT2D eigenvalue weighted by Crippen LogP contribution is -2.46. The van der Waals surface area contributed by atoms with E-state index in [1.54, 1.807) is 6.33 Å². The van der Waals surface area contributed by atoms with E-state index >= 15 is 0 Å². The molecule has 164 valence electrons. The van der Waals surface area contributed by atoms with Crippen LogP contribution in [-0.4, -0.2) is 49.8 Å². The highest BCUT2D eigenvalue weighted by molar-refractivity contribution is 6.30. The smallest absolute Gasteiger partial charge is 0.141 e. The van der Waals surface area contributed by atoms with E-state index in [1.807, 2.05) is 26.1 Å². The first-order valence-corrected chi connectivity index (χ1v) is 11.4. The van der Waals surface area contributed by atoms with E-state index in [0.717, 1.165) is 67.1 Å². The summed E-state index contributed by atoms with van der Waals surface area (Å²) in [6.07, 6.45) is 6.53. The highest BCUT2D eigenvalue weighted by Gasteiger charge is 2.35. The molecule has 5 heterocycles. The summed E-state index contributed by atoms with van der Waals surface area (Å²) in [5.74, 6) is 1.23. The van der Waals surface area contributed by atoms with Crippen LogP contribution in [0.5, 0.6) is 0 Å². The molecule has 0 radical (unpaired) electrons. The minimum atomic E-state index is -0.694. The van der Waals surface area contributed by atoms with Gasteiger partial charge in [-0.1, -0.05) is 11.6 Å². The SMILES string of the molecule is C[C@@H]1Cc2ncnc(N3CCC[C@@H](C(C)(C)O)C3)c2CN1c1cc(Cl)nc2[nH]ccc12. The topological polar surface area (TPSA) is 81.2 Å². The standard InChI is InChI=1S/C23H29ClN6O/c1-14-9-18-17(12-30(14)19-10-20(24)28-21-16(19)6-7-25-21)22(27-13-26-18)29-8-4-5-15(11-29)23(2,3)31/h6-7,10,13-15,31H,4-5,8-9,11-12H2,1-3H3,(H,25,28)/t14-,15-/m1/s1. The molecule has 0 aromatic carbocycles. The molecule has 1 fully saturated rings. The van der Waals surface area contributed by atoms with Crippen molar-refractivity contribution in [2.24, 2.45) is 5.92 Å². The summed E-state index contributed by atoms with van der Waals surface area (Å²) in [7, 11) is 0. The molecule has 3 aromatic rings. The van der Waals surface area contributed by atoms with Gasteiger partial charge < -0.3 is 19.9 Å². The minimum Gasteiger partial charge on any atom is -0.390 e. The molecule has 2 aliphatic heterocycles. The number of pyridine rings is 1. The van der Waals surface area contributed by atoms with Crippen LogP contribution in [-0.2, 0) is 13.0 Å². The van der Waals surface area contributed by atoms with Crippen LogP contribution in [0, 0.1) is 5.92 Å². The van der Waals surface area contributed by atoms with Crippen LogP contribution >= 0.6 is 11.6 Å². The van der Waals surface area contributed by atoms with E-state index in [2.05, 4.69) is 37.7 Å². The van der Waals surface area contributed by atoms with Gasteiger partial charge in [-0.2, -0.15) is 0 Å². The molecule has 0 saturated carbocycles. The summed E-state index contributed by atoms with van der Waals surface area (Å²) in [6, 6.07) is 4.28. The number of fused-ring (bicyclic) bond motifs is 2. The number of piperidine rings is 1. The maximum absolute atomic E-state index is 10.6. The van der Waals surface area contributed by atoms with E-state index in [1.165, 1.54) is 5.56 Å². The fourth-order valence-electron chi connectivity index (χ4n) is 5.06. The normalized spacial score (nSPS) is 22.1. The molecule has 1 saturated heterocycles. The molecule has 2 atom stereocenters. The molecule has 0 spiro atoms. The van der Waals surface area contributed by atoms with E-state index in [4.69, 9.17) is 16.6 Å². The van der Waals surface area contributed by atoms with E-state index < -0.39 is 5.60 Å². The van der Waals surface area contributed by atoms with Gasteiger partial charge in [0.15, 0.2) is 0 Å². The van der Waals surface area contributed by atoms with Crippen LogP contribution < -0.4 is 9.80 Å². The van der Waals surface area contributed by atoms with Crippen molar-refractivity contribution in [1.82, 2.24) is 19.9 Å². The lowest BCUT2D eigenvalue weighted by Gasteiger charge is -2.42. The number of aromatic nitrogens is 4. The van der Waals surface area contributed by atoms with Gasteiger partial charge in [-0.05, 0) is 45.7 Å². The number of hydrogen-bond donors (Lipinski definition) is 2. The molecule has 3 aromatic heterocycles. The Morgan fingerprint density at radius 1 is 1.29 bits per heavy atom. The zero-order valence-electron chi connectivity index (χ0n) is 18.3. The van der Waals surface area contributed by atoms with Crippen molar-refractivity contribution in [2.75, 3.05) is 22.9 Å². The number of nitrogens with one attached hydrogen (secondary N) is 1. The average molecular weight is 441 g/mol. The number of aliphatic hydroxyl groups is 1. The zero-order valence-corrected chi connectivity index (χ0v) is 19.0. The van der Waals surface area contributed by atoms with Gasteiger partial charge in [0.2, 0.25) is 0 Å². The van der Waals surface area contributed by atoms with Crippen LogP contribution in [0.15, 0.2) is 24.7 Å². The molecular formula is C23H29ClN6O. The van der Waals surface area contributed by atoms with Crippen LogP contribution in [0.25, 0.3) is 11.0 Å². The Bertz CT molecular complexity index is 1110.